The second-order valence-electron chi connectivity index (χ2n) is 13.5. The first-order valence-corrected chi connectivity index (χ1v) is 17.7. The molecular formula is C40H52N4O3. The smallest absolute Gasteiger partial charge is 0.239 e. The molecule has 1 saturated heterocycles. The number of piperidine rings is 1. The number of carbonyl (C=O) groups is 3. The molecule has 1 aliphatic heterocycles. The molecule has 1 aliphatic carbocycles. The molecule has 2 fully saturated rings. The molecule has 5 rings (SSSR count). The Kier molecular flexibility index (Phi) is 13.0. The molecule has 3 amide bonds. The Balaban J connectivity index is 1.04. The number of carbonyl (C=O) groups excluding carboxylic acids is 3. The normalized spacial score (nSPS) is 17.5. The molecule has 1 atom stereocenters. The average molecular weight is 637 g/mol. The van der Waals surface area contributed by atoms with Crippen LogP contribution in [0.3, 0.4) is 0 Å². The van der Waals surface area contributed by atoms with Crippen molar-refractivity contribution in [1.82, 2.24) is 20.9 Å². The first-order valence-electron chi connectivity index (χ1n) is 17.7. The summed E-state index contributed by atoms with van der Waals surface area (Å²) in [4.78, 5) is 41.3. The molecule has 2 aliphatic rings. The number of hydrogen-bond donors (Lipinski definition) is 3. The molecule has 0 aromatic heterocycles. The van der Waals surface area contributed by atoms with Crippen LogP contribution in [0, 0.1) is 11.8 Å². The molecule has 0 radical (unpaired) electrons. The van der Waals surface area contributed by atoms with Crippen LogP contribution in [-0.4, -0.2) is 61.9 Å². The highest BCUT2D eigenvalue weighted by molar-refractivity contribution is 5.86. The van der Waals surface area contributed by atoms with E-state index in [9.17, 15) is 14.4 Å². The van der Waals surface area contributed by atoms with Crippen LogP contribution in [0.1, 0.15) is 80.9 Å². The number of amides is 3. The highest BCUT2D eigenvalue weighted by Gasteiger charge is 2.38. The number of hydrogen-bond acceptors (Lipinski definition) is 4. The third-order valence-electron chi connectivity index (χ3n) is 10.0. The number of nitrogens with zero attached hydrogens (tertiary/aromatic N) is 1. The Morgan fingerprint density at radius 1 is 0.638 bits per heavy atom. The van der Waals surface area contributed by atoms with Gasteiger partial charge in [0.2, 0.25) is 17.7 Å². The molecule has 47 heavy (non-hydrogen) atoms. The van der Waals surface area contributed by atoms with Crippen LogP contribution in [0.4, 0.5) is 0 Å². The first-order chi connectivity index (χ1) is 23.0. The Bertz CT molecular complexity index is 1300. The van der Waals surface area contributed by atoms with Gasteiger partial charge in [-0.15, -0.1) is 0 Å². The Morgan fingerprint density at radius 2 is 1.21 bits per heavy atom. The summed E-state index contributed by atoms with van der Waals surface area (Å²) in [5, 5.41) is 8.84. The quantitative estimate of drug-likeness (QED) is 0.145. The minimum atomic E-state index is -0.719. The third-order valence-corrected chi connectivity index (χ3v) is 10.0. The van der Waals surface area contributed by atoms with Crippen LogP contribution in [0.25, 0.3) is 0 Å². The molecule has 250 valence electrons. The van der Waals surface area contributed by atoms with Crippen molar-refractivity contribution in [3.63, 3.8) is 0 Å². The number of rotatable bonds is 15. The fourth-order valence-corrected chi connectivity index (χ4v) is 7.56. The Labute approximate surface area is 280 Å². The predicted molar refractivity (Wildman–Crippen MR) is 188 cm³/mol. The molecule has 0 unspecified atom stereocenters. The summed E-state index contributed by atoms with van der Waals surface area (Å²) in [6.45, 7) is 4.51. The van der Waals surface area contributed by atoms with Crippen molar-refractivity contribution >= 4 is 17.7 Å². The second kappa shape index (κ2) is 17.8. The standard InChI is InChI=1S/C40H52N4O3/c45-37(42-28-33-17-14-26-44(31-33)30-32-15-5-1-6-16-32)24-13-25-41-39(47)29-43-38(46)27-40(34-18-7-2-8-19-34,35-20-9-3-10-21-35)36-22-11-4-12-23-36/h2-4,7-12,18-23,32-33H,1,5-6,13-17,24-31H2,(H,41,47)(H,42,45)(H,43,46)/t33-/m1/s1. The SMILES string of the molecule is O=C(CCCNC(=O)CNC(=O)CC(c1ccccc1)(c1ccccc1)c1ccccc1)NC[C@H]1CCCN(CC2CCCCC2)C1. The van der Waals surface area contributed by atoms with Gasteiger partial charge >= 0.3 is 0 Å². The summed E-state index contributed by atoms with van der Waals surface area (Å²) < 4.78 is 0. The lowest BCUT2D eigenvalue weighted by molar-refractivity contribution is -0.126. The first kappa shape index (κ1) is 34.4. The molecule has 0 bridgehead atoms. The van der Waals surface area contributed by atoms with Crippen molar-refractivity contribution in [2.45, 2.75) is 69.6 Å². The topological polar surface area (TPSA) is 90.5 Å². The van der Waals surface area contributed by atoms with Gasteiger partial charge in [0, 0.05) is 39.0 Å². The maximum absolute atomic E-state index is 13.5. The van der Waals surface area contributed by atoms with E-state index in [-0.39, 0.29) is 30.7 Å². The van der Waals surface area contributed by atoms with Crippen molar-refractivity contribution in [3.8, 4) is 0 Å². The maximum Gasteiger partial charge on any atom is 0.239 e. The zero-order chi connectivity index (χ0) is 32.7. The van der Waals surface area contributed by atoms with Crippen LogP contribution in [0.2, 0.25) is 0 Å². The fraction of sp³-hybridized carbons (Fsp3) is 0.475. The van der Waals surface area contributed by atoms with Crippen LogP contribution >= 0.6 is 0 Å². The van der Waals surface area contributed by atoms with Gasteiger partial charge in [-0.05, 0) is 67.2 Å². The summed E-state index contributed by atoms with van der Waals surface area (Å²) in [6.07, 6.45) is 10.4. The minimum absolute atomic E-state index is 0.0380. The summed E-state index contributed by atoms with van der Waals surface area (Å²) in [6, 6.07) is 30.2. The number of nitrogens with one attached hydrogen (secondary N) is 3. The molecule has 1 saturated carbocycles. The van der Waals surface area contributed by atoms with Crippen LogP contribution in [0.15, 0.2) is 91.0 Å². The van der Waals surface area contributed by atoms with Gasteiger partial charge in [-0.25, -0.2) is 0 Å². The molecule has 1 heterocycles. The van der Waals surface area contributed by atoms with E-state index in [4.69, 9.17) is 0 Å². The lowest BCUT2D eigenvalue weighted by atomic mass is 9.67. The summed E-state index contributed by atoms with van der Waals surface area (Å²) in [7, 11) is 0. The highest BCUT2D eigenvalue weighted by Crippen LogP contribution is 2.42. The van der Waals surface area contributed by atoms with Crippen LogP contribution in [-0.2, 0) is 19.8 Å². The fourth-order valence-electron chi connectivity index (χ4n) is 7.56. The molecule has 7 nitrogen and oxygen atoms in total. The molecule has 3 aromatic rings. The van der Waals surface area contributed by atoms with Crippen molar-refractivity contribution in [2.24, 2.45) is 11.8 Å². The van der Waals surface area contributed by atoms with E-state index < -0.39 is 5.41 Å². The average Bonchev–Trinajstić information content (AvgIpc) is 3.12. The van der Waals surface area contributed by atoms with Crippen LogP contribution in [0.5, 0.6) is 0 Å². The lowest BCUT2D eigenvalue weighted by Gasteiger charge is -2.36. The van der Waals surface area contributed by atoms with Gasteiger partial charge in [0.25, 0.3) is 0 Å². The van der Waals surface area contributed by atoms with E-state index in [0.29, 0.717) is 25.3 Å². The van der Waals surface area contributed by atoms with E-state index >= 15 is 0 Å². The predicted octanol–water partition coefficient (Wildman–Crippen LogP) is 5.83. The zero-order valence-electron chi connectivity index (χ0n) is 27.8. The van der Waals surface area contributed by atoms with Gasteiger partial charge in [0.15, 0.2) is 0 Å². The van der Waals surface area contributed by atoms with Gasteiger partial charge in [-0.1, -0.05) is 110 Å². The van der Waals surface area contributed by atoms with E-state index in [0.717, 1.165) is 35.7 Å². The Morgan fingerprint density at radius 3 is 1.81 bits per heavy atom. The van der Waals surface area contributed by atoms with Crippen molar-refractivity contribution < 1.29 is 14.4 Å². The van der Waals surface area contributed by atoms with Gasteiger partial charge in [-0.2, -0.15) is 0 Å². The molecule has 3 aromatic carbocycles. The summed E-state index contributed by atoms with van der Waals surface area (Å²) in [5.74, 6) is 0.937. The number of likely N-dealkylation sites (tertiary alicyclic amines) is 1. The van der Waals surface area contributed by atoms with E-state index in [1.165, 1.54) is 58.0 Å². The minimum Gasteiger partial charge on any atom is -0.356 e. The molecule has 0 spiro atoms. The highest BCUT2D eigenvalue weighted by atomic mass is 16.2. The van der Waals surface area contributed by atoms with E-state index in [2.05, 4.69) is 57.2 Å². The van der Waals surface area contributed by atoms with E-state index in [1.807, 2.05) is 54.6 Å². The number of benzene rings is 3. The third kappa shape index (κ3) is 10.0. The van der Waals surface area contributed by atoms with Crippen molar-refractivity contribution in [3.05, 3.63) is 108 Å². The van der Waals surface area contributed by atoms with Crippen molar-refractivity contribution in [2.75, 3.05) is 39.3 Å². The van der Waals surface area contributed by atoms with E-state index in [1.54, 1.807) is 0 Å². The Hall–Kier alpha value is -3.97. The molecule has 3 N–H and O–H groups in total. The van der Waals surface area contributed by atoms with Gasteiger partial charge < -0.3 is 20.9 Å². The van der Waals surface area contributed by atoms with Crippen molar-refractivity contribution in [1.29, 1.82) is 0 Å². The summed E-state index contributed by atoms with van der Waals surface area (Å²) >= 11 is 0. The maximum atomic E-state index is 13.5. The molecule has 7 heteroatoms. The second-order valence-corrected chi connectivity index (χ2v) is 13.5. The largest absolute Gasteiger partial charge is 0.356 e. The lowest BCUT2D eigenvalue weighted by Crippen LogP contribution is -2.43. The zero-order valence-corrected chi connectivity index (χ0v) is 27.8. The van der Waals surface area contributed by atoms with Crippen LogP contribution < -0.4 is 16.0 Å². The van der Waals surface area contributed by atoms with Gasteiger partial charge in [0.1, 0.15) is 0 Å². The molecular weight excluding hydrogens is 584 g/mol. The monoisotopic (exact) mass is 636 g/mol. The van der Waals surface area contributed by atoms with Gasteiger partial charge in [-0.3, -0.25) is 14.4 Å². The summed E-state index contributed by atoms with van der Waals surface area (Å²) in [5.41, 5.74) is 2.31. The van der Waals surface area contributed by atoms with Gasteiger partial charge in [0.05, 0.1) is 12.0 Å².